The number of hydrogen-bond acceptors (Lipinski definition) is 4. The number of nitrogens with zero attached hydrogens (tertiary/aromatic N) is 3. The molecule has 2 aromatic rings. The summed E-state index contributed by atoms with van der Waals surface area (Å²) in [5.74, 6) is -0.954. The summed E-state index contributed by atoms with van der Waals surface area (Å²) in [6.45, 7) is 0.744. The zero-order valence-corrected chi connectivity index (χ0v) is 18.1. The summed E-state index contributed by atoms with van der Waals surface area (Å²) in [5, 5.41) is 0.339. The molecule has 1 aromatic carbocycles. The summed E-state index contributed by atoms with van der Waals surface area (Å²) in [7, 11) is -2.24. The van der Waals surface area contributed by atoms with E-state index in [1.165, 1.54) is 21.1 Å². The highest BCUT2D eigenvalue weighted by molar-refractivity contribution is 9.10. The van der Waals surface area contributed by atoms with Crippen LogP contribution in [0.5, 0.6) is 0 Å². The highest BCUT2D eigenvalue weighted by Gasteiger charge is 2.32. The minimum atomic E-state index is -3.79. The van der Waals surface area contributed by atoms with Crippen LogP contribution in [0.1, 0.15) is 20.8 Å². The second kappa shape index (κ2) is 7.86. The van der Waals surface area contributed by atoms with Crippen molar-refractivity contribution in [3.8, 4) is 0 Å². The number of carbonyl (C=O) groups is 2. The summed E-state index contributed by atoms with van der Waals surface area (Å²) >= 11 is 9.44. The number of sulfonamides is 1. The minimum Gasteiger partial charge on any atom is -0.364 e. The molecule has 2 heterocycles. The van der Waals surface area contributed by atoms with E-state index in [2.05, 4.69) is 15.9 Å². The second-order valence-corrected chi connectivity index (χ2v) is 9.62. The summed E-state index contributed by atoms with van der Waals surface area (Å²) in [6, 6.07) is 6.27. The second-order valence-electron chi connectivity index (χ2n) is 6.36. The molecule has 1 fully saturated rings. The normalized spacial score (nSPS) is 15.6. The fourth-order valence-electron chi connectivity index (χ4n) is 3.03. The van der Waals surface area contributed by atoms with Crippen LogP contribution >= 0.6 is 27.5 Å². The van der Waals surface area contributed by atoms with Crippen molar-refractivity contribution in [3.63, 3.8) is 0 Å². The van der Waals surface area contributed by atoms with Gasteiger partial charge < -0.3 is 15.2 Å². The topological polar surface area (TPSA) is 106 Å². The van der Waals surface area contributed by atoms with E-state index in [-0.39, 0.29) is 42.7 Å². The Morgan fingerprint density at radius 1 is 1.14 bits per heavy atom. The van der Waals surface area contributed by atoms with Crippen LogP contribution in [0.25, 0.3) is 0 Å². The molecule has 28 heavy (non-hydrogen) atoms. The monoisotopic (exact) mass is 488 g/mol. The first-order chi connectivity index (χ1) is 13.1. The van der Waals surface area contributed by atoms with Crippen LogP contribution in [0.15, 0.2) is 39.8 Å². The Hall–Kier alpha value is -1.88. The molecular weight excluding hydrogens is 472 g/mol. The van der Waals surface area contributed by atoms with Gasteiger partial charge in [0, 0.05) is 43.9 Å². The number of piperazine rings is 1. The Morgan fingerprint density at radius 2 is 1.79 bits per heavy atom. The van der Waals surface area contributed by atoms with E-state index in [0.717, 1.165) is 4.47 Å². The molecule has 1 aliphatic rings. The van der Waals surface area contributed by atoms with Gasteiger partial charge in [0.15, 0.2) is 0 Å². The Labute approximate surface area is 176 Å². The van der Waals surface area contributed by atoms with Crippen LogP contribution in [0.2, 0.25) is 5.02 Å². The molecule has 0 bridgehead atoms. The van der Waals surface area contributed by atoms with Crippen molar-refractivity contribution in [1.29, 1.82) is 0 Å². The third-order valence-corrected chi connectivity index (χ3v) is 7.24. The molecule has 0 radical (unpaired) electrons. The zero-order valence-electron chi connectivity index (χ0n) is 14.9. The number of benzene rings is 1. The number of amides is 2. The van der Waals surface area contributed by atoms with Gasteiger partial charge in [-0.25, -0.2) is 8.42 Å². The number of aryl methyl sites for hydroxylation is 1. The third-order valence-electron chi connectivity index (χ3n) is 4.55. The Balaban J connectivity index is 1.74. The van der Waals surface area contributed by atoms with Gasteiger partial charge in [-0.1, -0.05) is 27.5 Å². The number of carbonyl (C=O) groups excluding carboxylic acids is 2. The number of hydrogen-bond donors (Lipinski definition) is 1. The Kier molecular flexibility index (Phi) is 5.85. The van der Waals surface area contributed by atoms with Crippen molar-refractivity contribution in [2.24, 2.45) is 12.8 Å². The Bertz CT molecular complexity index is 1050. The highest BCUT2D eigenvalue weighted by Crippen LogP contribution is 2.24. The molecule has 8 nitrogen and oxygen atoms in total. The van der Waals surface area contributed by atoms with E-state index in [9.17, 15) is 18.0 Å². The molecule has 0 atom stereocenters. The molecule has 1 aliphatic heterocycles. The zero-order chi connectivity index (χ0) is 20.6. The van der Waals surface area contributed by atoms with Gasteiger partial charge in [0.1, 0.15) is 10.6 Å². The maximum atomic E-state index is 12.9. The van der Waals surface area contributed by atoms with Gasteiger partial charge in [-0.2, -0.15) is 4.31 Å². The quantitative estimate of drug-likeness (QED) is 0.705. The van der Waals surface area contributed by atoms with Crippen LogP contribution < -0.4 is 5.73 Å². The van der Waals surface area contributed by atoms with Crippen molar-refractivity contribution < 1.29 is 18.0 Å². The lowest BCUT2D eigenvalue weighted by Crippen LogP contribution is -2.50. The van der Waals surface area contributed by atoms with E-state index in [0.29, 0.717) is 10.6 Å². The van der Waals surface area contributed by atoms with Crippen molar-refractivity contribution >= 4 is 49.4 Å². The maximum Gasteiger partial charge on any atom is 0.265 e. The van der Waals surface area contributed by atoms with Crippen LogP contribution in [0, 0.1) is 0 Å². The van der Waals surface area contributed by atoms with Gasteiger partial charge in [0.05, 0.1) is 10.6 Å². The van der Waals surface area contributed by atoms with Crippen LogP contribution in [-0.2, 0) is 17.1 Å². The fraction of sp³-hybridized carbons (Fsp3) is 0.294. The first-order valence-corrected chi connectivity index (χ1v) is 10.9. The van der Waals surface area contributed by atoms with E-state index in [1.807, 2.05) is 0 Å². The molecule has 3 rings (SSSR count). The van der Waals surface area contributed by atoms with Crippen molar-refractivity contribution in [2.75, 3.05) is 26.2 Å². The first-order valence-electron chi connectivity index (χ1n) is 8.32. The van der Waals surface area contributed by atoms with Gasteiger partial charge in [0.2, 0.25) is 10.0 Å². The molecule has 0 saturated carbocycles. The first kappa shape index (κ1) is 20.8. The molecule has 1 saturated heterocycles. The highest BCUT2D eigenvalue weighted by atomic mass is 79.9. The van der Waals surface area contributed by atoms with Crippen molar-refractivity contribution in [2.45, 2.75) is 4.90 Å². The van der Waals surface area contributed by atoms with E-state index >= 15 is 0 Å². The summed E-state index contributed by atoms with van der Waals surface area (Å²) < 4.78 is 29.1. The number of aromatic nitrogens is 1. The van der Waals surface area contributed by atoms with Gasteiger partial charge in [-0.3, -0.25) is 9.59 Å². The van der Waals surface area contributed by atoms with Crippen LogP contribution in [-0.4, -0.2) is 60.2 Å². The third kappa shape index (κ3) is 3.95. The average molecular weight is 490 g/mol. The lowest BCUT2D eigenvalue weighted by molar-refractivity contribution is 0.0698. The molecule has 0 unspecified atom stereocenters. The molecule has 150 valence electrons. The molecular formula is C17H18BrClN4O4S. The van der Waals surface area contributed by atoms with Crippen LogP contribution in [0.4, 0.5) is 0 Å². The lowest BCUT2D eigenvalue weighted by Gasteiger charge is -2.34. The minimum absolute atomic E-state index is 0.00129. The van der Waals surface area contributed by atoms with E-state index in [1.54, 1.807) is 30.1 Å². The molecule has 11 heteroatoms. The van der Waals surface area contributed by atoms with E-state index < -0.39 is 15.9 Å². The standard InChI is InChI=1S/C17H18BrClN4O4S/c1-21-10-12(9-15(21)16(20)24)28(26,27)23-6-4-22(5-7-23)17(25)13-8-11(18)2-3-14(13)19/h2-3,8-10H,4-7H2,1H3,(H2,20,24). The number of primary amides is 1. The summed E-state index contributed by atoms with van der Waals surface area (Å²) in [6.07, 6.45) is 1.36. The van der Waals surface area contributed by atoms with Gasteiger partial charge in [0.25, 0.3) is 11.8 Å². The Morgan fingerprint density at radius 3 is 2.36 bits per heavy atom. The van der Waals surface area contributed by atoms with E-state index in [4.69, 9.17) is 17.3 Å². The fourth-order valence-corrected chi connectivity index (χ4v) is 5.09. The molecule has 2 N–H and O–H groups in total. The number of nitrogens with two attached hydrogens (primary N) is 1. The largest absolute Gasteiger partial charge is 0.364 e. The predicted octanol–water partition coefficient (Wildman–Crippen LogP) is 1.69. The van der Waals surface area contributed by atoms with Crippen molar-refractivity contribution in [3.05, 3.63) is 51.2 Å². The van der Waals surface area contributed by atoms with Crippen LogP contribution in [0.3, 0.4) is 0 Å². The van der Waals surface area contributed by atoms with Gasteiger partial charge >= 0.3 is 0 Å². The average Bonchev–Trinajstić information content (AvgIpc) is 3.06. The van der Waals surface area contributed by atoms with Crippen molar-refractivity contribution in [1.82, 2.24) is 13.8 Å². The molecule has 0 aliphatic carbocycles. The smallest absolute Gasteiger partial charge is 0.265 e. The van der Waals surface area contributed by atoms with Gasteiger partial charge in [-0.15, -0.1) is 0 Å². The van der Waals surface area contributed by atoms with Gasteiger partial charge in [-0.05, 0) is 24.3 Å². The number of rotatable bonds is 4. The predicted molar refractivity (Wildman–Crippen MR) is 108 cm³/mol. The molecule has 1 aromatic heterocycles. The molecule has 2 amide bonds. The SMILES string of the molecule is Cn1cc(S(=O)(=O)N2CCN(C(=O)c3cc(Br)ccc3Cl)CC2)cc1C(N)=O. The maximum absolute atomic E-state index is 12.9. The lowest BCUT2D eigenvalue weighted by atomic mass is 10.2. The molecule has 0 spiro atoms. The summed E-state index contributed by atoms with van der Waals surface area (Å²) in [4.78, 5) is 25.7. The summed E-state index contributed by atoms with van der Waals surface area (Å²) in [5.41, 5.74) is 5.72. The number of halogens is 2.